The molecule has 0 saturated carbocycles. The number of nitrogens with zero attached hydrogens (tertiary/aromatic N) is 2. The Kier molecular flexibility index (Phi) is 8.47. The van der Waals surface area contributed by atoms with E-state index in [-0.39, 0.29) is 33.0 Å². The van der Waals surface area contributed by atoms with Crippen molar-refractivity contribution in [2.24, 2.45) is 10.2 Å². The molecule has 2 aromatic rings. The lowest BCUT2D eigenvalue weighted by molar-refractivity contribution is -0.126. The van der Waals surface area contributed by atoms with Crippen LogP contribution in [0.4, 0.5) is 11.4 Å². The molecule has 0 spiro atoms. The number of ketones is 1. The Hall–Kier alpha value is -3.04. The zero-order valence-electron chi connectivity index (χ0n) is 17.5. The van der Waals surface area contributed by atoms with Crippen molar-refractivity contribution in [2.75, 3.05) is 33.8 Å². The molecule has 31 heavy (non-hydrogen) atoms. The van der Waals surface area contributed by atoms with Crippen molar-refractivity contribution < 1.29 is 28.5 Å². The monoisotopic (exact) mass is 469 g/mol. The molecule has 1 unspecified atom stereocenters. The van der Waals surface area contributed by atoms with E-state index in [9.17, 15) is 9.59 Å². The Morgan fingerprint density at radius 1 is 0.935 bits per heavy atom. The molecule has 0 aliphatic rings. The van der Waals surface area contributed by atoms with E-state index in [1.165, 1.54) is 47.5 Å². The lowest BCUT2D eigenvalue weighted by atomic mass is 10.2. The number of halogens is 2. The van der Waals surface area contributed by atoms with Crippen LogP contribution in [-0.2, 0) is 9.59 Å². The maximum Gasteiger partial charge on any atom is 0.258 e. The van der Waals surface area contributed by atoms with Crippen molar-refractivity contribution in [1.82, 2.24) is 0 Å². The van der Waals surface area contributed by atoms with E-state index in [1.54, 1.807) is 12.1 Å². The number of carbonyl (C=O) groups excluding carboxylic acids is 2. The number of methoxy groups -OCH3 is 4. The summed E-state index contributed by atoms with van der Waals surface area (Å²) >= 11 is 12.2. The zero-order valence-corrected chi connectivity index (χ0v) is 19.0. The van der Waals surface area contributed by atoms with Crippen LogP contribution in [0, 0.1) is 0 Å². The van der Waals surface area contributed by atoms with Crippen LogP contribution in [0.5, 0.6) is 23.0 Å². The Morgan fingerprint density at radius 2 is 1.52 bits per heavy atom. The molecule has 0 saturated heterocycles. The first kappa shape index (κ1) is 24.2. The number of hydrogen-bond donors (Lipinski definition) is 1. The first-order chi connectivity index (χ1) is 14.8. The quantitative estimate of drug-likeness (QED) is 0.420. The van der Waals surface area contributed by atoms with Crippen molar-refractivity contribution in [3.8, 4) is 23.0 Å². The van der Waals surface area contributed by atoms with E-state index >= 15 is 0 Å². The van der Waals surface area contributed by atoms with Crippen molar-refractivity contribution in [2.45, 2.75) is 13.0 Å². The van der Waals surface area contributed by atoms with Crippen molar-refractivity contribution in [3.63, 3.8) is 0 Å². The lowest BCUT2D eigenvalue weighted by Crippen LogP contribution is -2.31. The van der Waals surface area contributed by atoms with Gasteiger partial charge in [-0.15, -0.1) is 5.11 Å². The Bertz CT molecular complexity index is 988. The highest BCUT2D eigenvalue weighted by Gasteiger charge is 2.25. The number of carbonyl (C=O) groups is 2. The number of ether oxygens (including phenoxy) is 4. The predicted octanol–water partition coefficient (Wildman–Crippen LogP) is 4.71. The number of hydrogen-bond acceptors (Lipinski definition) is 8. The summed E-state index contributed by atoms with van der Waals surface area (Å²) in [7, 11) is 5.67. The summed E-state index contributed by atoms with van der Waals surface area (Å²) < 4.78 is 20.8. The van der Waals surface area contributed by atoms with Crippen LogP contribution in [-0.4, -0.2) is 46.2 Å². The highest BCUT2D eigenvalue weighted by Crippen LogP contribution is 2.42. The van der Waals surface area contributed by atoms with E-state index in [0.29, 0.717) is 11.4 Å². The number of benzene rings is 2. The van der Waals surface area contributed by atoms with Gasteiger partial charge in [0.1, 0.15) is 22.3 Å². The maximum absolute atomic E-state index is 12.7. The number of rotatable bonds is 9. The summed E-state index contributed by atoms with van der Waals surface area (Å²) in [6.45, 7) is 1.22. The highest BCUT2D eigenvalue weighted by atomic mass is 35.5. The minimum Gasteiger partial charge on any atom is -0.495 e. The lowest BCUT2D eigenvalue weighted by Gasteiger charge is -2.14. The smallest absolute Gasteiger partial charge is 0.258 e. The third kappa shape index (κ3) is 5.56. The van der Waals surface area contributed by atoms with Crippen LogP contribution in [0.25, 0.3) is 0 Å². The number of Topliss-reactive ketones (excluding diaryl/α,β-unsaturated/α-hetero) is 1. The largest absolute Gasteiger partial charge is 0.495 e. The Morgan fingerprint density at radius 3 is 2.00 bits per heavy atom. The second kappa shape index (κ2) is 10.8. The summed E-state index contributed by atoms with van der Waals surface area (Å²) in [5.74, 6) is -0.187. The number of amides is 1. The molecule has 1 N–H and O–H groups in total. The van der Waals surface area contributed by atoms with Crippen LogP contribution in [0.1, 0.15) is 6.92 Å². The van der Waals surface area contributed by atoms with Gasteiger partial charge < -0.3 is 24.3 Å². The summed E-state index contributed by atoms with van der Waals surface area (Å²) in [6.07, 6.45) is 0. The van der Waals surface area contributed by atoms with Crippen LogP contribution in [0.3, 0.4) is 0 Å². The Labute approximate surface area is 189 Å². The van der Waals surface area contributed by atoms with Gasteiger partial charge in [0.25, 0.3) is 5.91 Å². The summed E-state index contributed by atoms with van der Waals surface area (Å²) in [5, 5.41) is 11.0. The minimum atomic E-state index is -1.44. The van der Waals surface area contributed by atoms with E-state index in [1.807, 2.05) is 0 Å². The number of anilines is 1. The fraction of sp³-hybridized carbons (Fsp3) is 0.300. The Balaban J connectivity index is 2.37. The van der Waals surface area contributed by atoms with Gasteiger partial charge in [0.05, 0.1) is 33.5 Å². The van der Waals surface area contributed by atoms with Gasteiger partial charge >= 0.3 is 0 Å². The van der Waals surface area contributed by atoms with Gasteiger partial charge in [-0.25, -0.2) is 0 Å². The summed E-state index contributed by atoms with van der Waals surface area (Å²) in [6, 6.07) is 4.66. The van der Waals surface area contributed by atoms with Gasteiger partial charge in [-0.1, -0.05) is 23.2 Å². The molecule has 2 aromatic carbocycles. The van der Waals surface area contributed by atoms with Crippen LogP contribution in [0.2, 0.25) is 10.0 Å². The average molecular weight is 470 g/mol. The summed E-state index contributed by atoms with van der Waals surface area (Å²) in [4.78, 5) is 24.8. The molecule has 1 atom stereocenters. The van der Waals surface area contributed by atoms with Gasteiger partial charge in [-0.3, -0.25) is 9.59 Å². The van der Waals surface area contributed by atoms with Crippen molar-refractivity contribution >= 4 is 46.3 Å². The third-order valence-electron chi connectivity index (χ3n) is 4.09. The van der Waals surface area contributed by atoms with E-state index in [0.717, 1.165) is 0 Å². The van der Waals surface area contributed by atoms with Gasteiger partial charge in [0.15, 0.2) is 17.2 Å². The molecule has 0 bridgehead atoms. The normalized spacial score (nSPS) is 11.7. The van der Waals surface area contributed by atoms with E-state index < -0.39 is 17.7 Å². The molecule has 0 radical (unpaired) electrons. The molecule has 2 rings (SSSR count). The van der Waals surface area contributed by atoms with Gasteiger partial charge in [-0.2, -0.15) is 5.11 Å². The van der Waals surface area contributed by atoms with Crippen LogP contribution in [0.15, 0.2) is 34.5 Å². The van der Waals surface area contributed by atoms with Gasteiger partial charge in [0.2, 0.25) is 6.04 Å². The molecule has 0 aliphatic heterocycles. The second-order valence-electron chi connectivity index (χ2n) is 6.04. The topological polar surface area (TPSA) is 108 Å². The third-order valence-corrected chi connectivity index (χ3v) is 4.76. The molecule has 9 nitrogen and oxygen atoms in total. The van der Waals surface area contributed by atoms with Crippen LogP contribution >= 0.6 is 23.2 Å². The molecule has 0 aliphatic carbocycles. The SMILES string of the molecule is COc1cc(NC(=O)C(N=Nc2c(OC)ccc(Cl)c2OC)C(C)=O)cc(OC)c1Cl. The molecule has 1 amide bonds. The molecular formula is C20H21Cl2N3O6. The van der Waals surface area contributed by atoms with Crippen molar-refractivity contribution in [1.29, 1.82) is 0 Å². The molecule has 0 aromatic heterocycles. The summed E-state index contributed by atoms with van der Waals surface area (Å²) in [5.41, 5.74) is 0.439. The second-order valence-corrected chi connectivity index (χ2v) is 6.83. The van der Waals surface area contributed by atoms with E-state index in [2.05, 4.69) is 15.5 Å². The average Bonchev–Trinajstić information content (AvgIpc) is 2.74. The molecule has 11 heteroatoms. The van der Waals surface area contributed by atoms with Gasteiger partial charge in [0, 0.05) is 17.8 Å². The molecule has 166 valence electrons. The zero-order chi connectivity index (χ0) is 23.1. The molecule has 0 fully saturated rings. The van der Waals surface area contributed by atoms with Crippen LogP contribution < -0.4 is 24.3 Å². The molecular weight excluding hydrogens is 449 g/mol. The minimum absolute atomic E-state index is 0.145. The number of azo groups is 1. The first-order valence-corrected chi connectivity index (χ1v) is 9.57. The standard InChI is InChI=1S/C20H21Cl2N3O6/c1-10(26)17(24-25-18-13(28-2)7-6-12(21)19(18)31-5)20(27)23-11-8-14(29-3)16(22)15(9-11)30-4/h6-9,17H,1-5H3,(H,23,27). The van der Waals surface area contributed by atoms with Crippen molar-refractivity contribution in [3.05, 3.63) is 34.3 Å². The number of nitrogens with one attached hydrogen (secondary N) is 1. The fourth-order valence-electron chi connectivity index (χ4n) is 2.57. The molecule has 0 heterocycles. The van der Waals surface area contributed by atoms with Gasteiger partial charge in [-0.05, 0) is 19.1 Å². The first-order valence-electron chi connectivity index (χ1n) is 8.81. The van der Waals surface area contributed by atoms with E-state index in [4.69, 9.17) is 42.1 Å². The fourth-order valence-corrected chi connectivity index (χ4v) is 3.06. The predicted molar refractivity (Wildman–Crippen MR) is 117 cm³/mol. The maximum atomic E-state index is 12.7. The highest BCUT2D eigenvalue weighted by molar-refractivity contribution is 6.33.